The van der Waals surface area contributed by atoms with Crippen LogP contribution in [0.25, 0.3) is 0 Å². The van der Waals surface area contributed by atoms with Gasteiger partial charge in [-0.1, -0.05) is 19.9 Å². The summed E-state index contributed by atoms with van der Waals surface area (Å²) in [5.41, 5.74) is 0.181. The fraction of sp³-hybridized carbons (Fsp3) is 0.714. The SMILES string of the molecule is C=C(C)C(=O)OCC(=O)OC1CCCS(=O)(=O)OC1CCC. The van der Waals surface area contributed by atoms with Gasteiger partial charge < -0.3 is 9.47 Å². The van der Waals surface area contributed by atoms with Gasteiger partial charge in [-0.2, -0.15) is 8.42 Å². The first kappa shape index (κ1) is 18.6. The van der Waals surface area contributed by atoms with Crippen molar-refractivity contribution < 1.29 is 31.7 Å². The molecule has 0 aromatic heterocycles. The van der Waals surface area contributed by atoms with Crippen LogP contribution in [0.15, 0.2) is 12.2 Å². The van der Waals surface area contributed by atoms with E-state index < -0.39 is 40.9 Å². The number of hydrogen-bond acceptors (Lipinski definition) is 7. The molecule has 0 aliphatic carbocycles. The predicted octanol–water partition coefficient (Wildman–Crippen LogP) is 1.33. The third kappa shape index (κ3) is 6.15. The summed E-state index contributed by atoms with van der Waals surface area (Å²) in [5.74, 6) is -1.50. The first-order valence-corrected chi connectivity index (χ1v) is 8.76. The minimum Gasteiger partial charge on any atom is -0.457 e. The van der Waals surface area contributed by atoms with Gasteiger partial charge in [-0.15, -0.1) is 0 Å². The first-order valence-electron chi connectivity index (χ1n) is 7.18. The van der Waals surface area contributed by atoms with Gasteiger partial charge in [-0.3, -0.25) is 4.18 Å². The molecular formula is C14H22O7S. The Balaban J connectivity index is 2.62. The smallest absolute Gasteiger partial charge is 0.344 e. The summed E-state index contributed by atoms with van der Waals surface area (Å²) in [6, 6.07) is 0. The highest BCUT2D eigenvalue weighted by Gasteiger charge is 2.33. The normalized spacial score (nSPS) is 24.1. The molecule has 0 aromatic carbocycles. The third-order valence-electron chi connectivity index (χ3n) is 3.09. The van der Waals surface area contributed by atoms with Crippen LogP contribution in [-0.4, -0.2) is 44.9 Å². The van der Waals surface area contributed by atoms with E-state index in [1.165, 1.54) is 6.92 Å². The maximum atomic E-state index is 11.7. The number of rotatable bonds is 6. The van der Waals surface area contributed by atoms with Gasteiger partial charge in [0.1, 0.15) is 12.2 Å². The summed E-state index contributed by atoms with van der Waals surface area (Å²) in [6.45, 7) is 6.22. The molecule has 0 radical (unpaired) electrons. The molecule has 0 N–H and O–H groups in total. The van der Waals surface area contributed by atoms with Gasteiger partial charge in [-0.05, 0) is 26.2 Å². The molecule has 1 saturated heterocycles. The number of esters is 2. The van der Waals surface area contributed by atoms with Gasteiger partial charge in [0.15, 0.2) is 6.61 Å². The fourth-order valence-electron chi connectivity index (χ4n) is 2.05. The van der Waals surface area contributed by atoms with Crippen molar-refractivity contribution in [1.82, 2.24) is 0 Å². The molecule has 0 saturated carbocycles. The Morgan fingerprint density at radius 2 is 2.05 bits per heavy atom. The molecule has 0 amide bonds. The topological polar surface area (TPSA) is 96.0 Å². The van der Waals surface area contributed by atoms with E-state index in [9.17, 15) is 18.0 Å². The van der Waals surface area contributed by atoms with Crippen LogP contribution in [0.2, 0.25) is 0 Å². The van der Waals surface area contributed by atoms with Crippen LogP contribution in [0.1, 0.15) is 39.5 Å². The standard InChI is InChI=1S/C14H22O7S/c1-4-6-12-11(7-5-8-22(17,18)21-12)20-13(15)9-19-14(16)10(2)3/h11-12H,2,4-9H2,1,3H3. The molecule has 1 aliphatic rings. The van der Waals surface area contributed by atoms with Gasteiger partial charge >= 0.3 is 11.9 Å². The van der Waals surface area contributed by atoms with Crippen LogP contribution < -0.4 is 0 Å². The Hall–Kier alpha value is -1.41. The molecule has 2 unspecified atom stereocenters. The van der Waals surface area contributed by atoms with E-state index >= 15 is 0 Å². The van der Waals surface area contributed by atoms with Gasteiger partial charge in [-0.25, -0.2) is 9.59 Å². The van der Waals surface area contributed by atoms with Crippen LogP contribution in [0.3, 0.4) is 0 Å². The van der Waals surface area contributed by atoms with Crippen molar-refractivity contribution in [2.75, 3.05) is 12.4 Å². The number of carbonyl (C=O) groups is 2. The van der Waals surface area contributed by atoms with E-state index in [2.05, 4.69) is 6.58 Å². The van der Waals surface area contributed by atoms with Crippen molar-refractivity contribution in [3.8, 4) is 0 Å². The van der Waals surface area contributed by atoms with Crippen LogP contribution in [0, 0.1) is 0 Å². The average molecular weight is 334 g/mol. The molecule has 126 valence electrons. The zero-order valence-corrected chi connectivity index (χ0v) is 13.7. The number of ether oxygens (including phenoxy) is 2. The lowest BCUT2D eigenvalue weighted by Crippen LogP contribution is -2.34. The minimum absolute atomic E-state index is 0.0914. The van der Waals surface area contributed by atoms with Crippen molar-refractivity contribution in [2.45, 2.75) is 51.7 Å². The lowest BCUT2D eigenvalue weighted by molar-refractivity contribution is -0.164. The van der Waals surface area contributed by atoms with Crippen LogP contribution in [0.4, 0.5) is 0 Å². The summed E-state index contributed by atoms with van der Waals surface area (Å²) in [7, 11) is -3.58. The van der Waals surface area contributed by atoms with E-state index in [1.54, 1.807) is 0 Å². The second-order valence-corrected chi connectivity index (χ2v) is 6.93. The quantitative estimate of drug-likeness (QED) is 0.411. The van der Waals surface area contributed by atoms with Crippen molar-refractivity contribution in [3.63, 3.8) is 0 Å². The largest absolute Gasteiger partial charge is 0.457 e. The van der Waals surface area contributed by atoms with E-state index in [1.807, 2.05) is 6.92 Å². The molecule has 0 spiro atoms. The van der Waals surface area contributed by atoms with Crippen molar-refractivity contribution >= 4 is 22.1 Å². The van der Waals surface area contributed by atoms with Gasteiger partial charge in [0.2, 0.25) is 0 Å². The Morgan fingerprint density at radius 3 is 2.64 bits per heavy atom. The molecule has 1 heterocycles. The van der Waals surface area contributed by atoms with Crippen LogP contribution in [-0.2, 0) is 33.4 Å². The fourth-order valence-corrected chi connectivity index (χ4v) is 3.26. The second-order valence-electron chi connectivity index (χ2n) is 5.21. The van der Waals surface area contributed by atoms with Crippen molar-refractivity contribution in [3.05, 3.63) is 12.2 Å². The molecule has 1 fully saturated rings. The van der Waals surface area contributed by atoms with E-state index in [4.69, 9.17) is 13.7 Å². The van der Waals surface area contributed by atoms with Crippen molar-refractivity contribution in [1.29, 1.82) is 0 Å². The highest BCUT2D eigenvalue weighted by Crippen LogP contribution is 2.23. The summed E-state index contributed by atoms with van der Waals surface area (Å²) in [5, 5.41) is 0. The summed E-state index contributed by atoms with van der Waals surface area (Å²) < 4.78 is 38.3. The lowest BCUT2D eigenvalue weighted by Gasteiger charge is -2.23. The van der Waals surface area contributed by atoms with Crippen LogP contribution >= 0.6 is 0 Å². The summed E-state index contributed by atoms with van der Waals surface area (Å²) in [6.07, 6.45) is 0.545. The maximum Gasteiger partial charge on any atom is 0.344 e. The Labute approximate surface area is 130 Å². The van der Waals surface area contributed by atoms with Gasteiger partial charge in [0.05, 0.1) is 5.75 Å². The van der Waals surface area contributed by atoms with E-state index in [-0.39, 0.29) is 11.3 Å². The predicted molar refractivity (Wildman–Crippen MR) is 78.5 cm³/mol. The Bertz CT molecular complexity index is 523. The second kappa shape index (κ2) is 8.28. The highest BCUT2D eigenvalue weighted by atomic mass is 32.2. The van der Waals surface area contributed by atoms with E-state index in [0.717, 1.165) is 0 Å². The molecule has 8 heteroatoms. The Kier molecular flexibility index (Phi) is 7.02. The molecule has 22 heavy (non-hydrogen) atoms. The highest BCUT2D eigenvalue weighted by molar-refractivity contribution is 7.86. The molecular weight excluding hydrogens is 312 g/mol. The van der Waals surface area contributed by atoms with Crippen molar-refractivity contribution in [2.24, 2.45) is 0 Å². The Morgan fingerprint density at radius 1 is 1.36 bits per heavy atom. The summed E-state index contributed by atoms with van der Waals surface area (Å²) in [4.78, 5) is 22.9. The zero-order valence-electron chi connectivity index (χ0n) is 12.9. The number of hydrogen-bond donors (Lipinski definition) is 0. The lowest BCUT2D eigenvalue weighted by atomic mass is 10.0. The zero-order chi connectivity index (χ0) is 16.8. The van der Waals surface area contributed by atoms with Gasteiger partial charge in [0, 0.05) is 5.57 Å². The molecule has 0 bridgehead atoms. The molecule has 0 aromatic rings. The van der Waals surface area contributed by atoms with Gasteiger partial charge in [0.25, 0.3) is 10.1 Å². The number of carbonyl (C=O) groups excluding carboxylic acids is 2. The molecule has 2 atom stereocenters. The minimum atomic E-state index is -3.58. The maximum absolute atomic E-state index is 11.7. The molecule has 1 rings (SSSR count). The first-order chi connectivity index (χ1) is 10.2. The van der Waals surface area contributed by atoms with Crippen LogP contribution in [0.5, 0.6) is 0 Å². The molecule has 1 aliphatic heterocycles. The summed E-state index contributed by atoms with van der Waals surface area (Å²) >= 11 is 0. The monoisotopic (exact) mass is 334 g/mol. The van der Waals surface area contributed by atoms with E-state index in [0.29, 0.717) is 25.7 Å². The molecule has 7 nitrogen and oxygen atoms in total. The third-order valence-corrected chi connectivity index (χ3v) is 4.42. The average Bonchev–Trinajstić information content (AvgIpc) is 2.55.